The first-order chi connectivity index (χ1) is 6.36. The molecule has 1 unspecified atom stereocenters. The third-order valence-electron chi connectivity index (χ3n) is 2.17. The van der Waals surface area contributed by atoms with Gasteiger partial charge in [-0.1, -0.05) is 24.3 Å². The molecule has 2 heteroatoms. The summed E-state index contributed by atoms with van der Waals surface area (Å²) in [6, 6.07) is 8.07. The average Bonchev–Trinajstić information content (AvgIpc) is 2.20. The third kappa shape index (κ3) is 2.08. The highest BCUT2D eigenvalue weighted by atomic mass is 16.6. The molecule has 1 saturated heterocycles. The van der Waals surface area contributed by atoms with Crippen molar-refractivity contribution < 1.29 is 9.47 Å². The molecule has 2 rings (SSSR count). The lowest BCUT2D eigenvalue weighted by atomic mass is 10.1. The van der Waals surface area contributed by atoms with Gasteiger partial charge in [0.05, 0.1) is 19.8 Å². The van der Waals surface area contributed by atoms with Crippen LogP contribution in [0.5, 0.6) is 0 Å². The Hall–Kier alpha value is -0.860. The van der Waals surface area contributed by atoms with Crippen molar-refractivity contribution in [3.05, 3.63) is 42.3 Å². The van der Waals surface area contributed by atoms with Gasteiger partial charge in [0.25, 0.3) is 0 Å². The van der Waals surface area contributed by atoms with Gasteiger partial charge in [0.2, 0.25) is 0 Å². The van der Waals surface area contributed by atoms with E-state index in [1.807, 2.05) is 24.3 Å². The van der Waals surface area contributed by atoms with Crippen LogP contribution in [0.3, 0.4) is 0 Å². The number of ether oxygens (including phenoxy) is 2. The second-order valence-electron chi connectivity index (χ2n) is 3.18. The normalized spacial score (nSPS) is 23.0. The van der Waals surface area contributed by atoms with E-state index in [4.69, 9.17) is 9.47 Å². The Bertz CT molecular complexity index is 260. The largest absolute Gasteiger partial charge is 0.376 e. The van der Waals surface area contributed by atoms with Crippen molar-refractivity contribution in [3.63, 3.8) is 0 Å². The zero-order valence-electron chi connectivity index (χ0n) is 7.53. The fraction of sp³-hybridized carbons (Fsp3) is 0.364. The molecule has 13 heavy (non-hydrogen) atoms. The molecule has 0 aromatic heterocycles. The van der Waals surface area contributed by atoms with Crippen LogP contribution in [0.1, 0.15) is 17.2 Å². The molecular weight excluding hydrogens is 164 g/mol. The van der Waals surface area contributed by atoms with E-state index < -0.39 is 0 Å². The van der Waals surface area contributed by atoms with Crippen molar-refractivity contribution in [2.75, 3.05) is 19.8 Å². The Morgan fingerprint density at radius 2 is 1.92 bits per heavy atom. The molecule has 1 aliphatic heterocycles. The lowest BCUT2D eigenvalue weighted by molar-refractivity contribution is -0.0901. The lowest BCUT2D eigenvalue weighted by Crippen LogP contribution is -2.21. The highest BCUT2D eigenvalue weighted by Crippen LogP contribution is 2.20. The topological polar surface area (TPSA) is 18.5 Å². The minimum Gasteiger partial charge on any atom is -0.376 e. The van der Waals surface area contributed by atoms with E-state index >= 15 is 0 Å². The van der Waals surface area contributed by atoms with Crippen LogP contribution >= 0.6 is 0 Å². The van der Waals surface area contributed by atoms with Crippen LogP contribution in [0, 0.1) is 6.92 Å². The maximum absolute atomic E-state index is 5.56. The molecule has 1 aliphatic rings. The van der Waals surface area contributed by atoms with Crippen molar-refractivity contribution in [2.45, 2.75) is 6.10 Å². The van der Waals surface area contributed by atoms with Crippen molar-refractivity contribution in [3.8, 4) is 0 Å². The van der Waals surface area contributed by atoms with Gasteiger partial charge >= 0.3 is 0 Å². The lowest BCUT2D eigenvalue weighted by Gasteiger charge is -2.23. The van der Waals surface area contributed by atoms with Crippen LogP contribution in [-0.2, 0) is 9.47 Å². The van der Waals surface area contributed by atoms with Crippen molar-refractivity contribution >= 4 is 0 Å². The summed E-state index contributed by atoms with van der Waals surface area (Å²) in [5, 5.41) is 0. The Morgan fingerprint density at radius 3 is 2.54 bits per heavy atom. The minimum absolute atomic E-state index is 0.106. The quantitative estimate of drug-likeness (QED) is 0.652. The van der Waals surface area contributed by atoms with Crippen LogP contribution in [0.25, 0.3) is 0 Å². The predicted molar refractivity (Wildman–Crippen MR) is 50.4 cm³/mol. The summed E-state index contributed by atoms with van der Waals surface area (Å²) in [5.41, 5.74) is 2.20. The second-order valence-corrected chi connectivity index (χ2v) is 3.18. The molecule has 69 valence electrons. The van der Waals surface area contributed by atoms with Gasteiger partial charge in [-0.25, -0.2) is 0 Å². The molecular formula is C11H13O2. The third-order valence-corrected chi connectivity index (χ3v) is 2.17. The predicted octanol–water partition coefficient (Wildman–Crippen LogP) is 1.96. The highest BCUT2D eigenvalue weighted by molar-refractivity contribution is 5.25. The van der Waals surface area contributed by atoms with Gasteiger partial charge in [-0.3, -0.25) is 0 Å². The Balaban J connectivity index is 2.10. The van der Waals surface area contributed by atoms with Gasteiger partial charge in [0.1, 0.15) is 6.10 Å². The fourth-order valence-electron chi connectivity index (χ4n) is 1.41. The summed E-state index contributed by atoms with van der Waals surface area (Å²) < 4.78 is 10.9. The molecule has 0 aliphatic carbocycles. The first-order valence-corrected chi connectivity index (χ1v) is 4.47. The van der Waals surface area contributed by atoms with E-state index in [2.05, 4.69) is 6.92 Å². The summed E-state index contributed by atoms with van der Waals surface area (Å²) in [5.74, 6) is 0. The van der Waals surface area contributed by atoms with E-state index in [0.29, 0.717) is 19.8 Å². The molecule has 1 fully saturated rings. The highest BCUT2D eigenvalue weighted by Gasteiger charge is 2.15. The maximum atomic E-state index is 5.56. The SMILES string of the molecule is [CH2]c1ccc(C2COCCO2)cc1. The first kappa shape index (κ1) is 8.73. The molecule has 1 atom stereocenters. The monoisotopic (exact) mass is 177 g/mol. The molecule has 0 amide bonds. The Kier molecular flexibility index (Phi) is 2.62. The first-order valence-electron chi connectivity index (χ1n) is 4.47. The van der Waals surface area contributed by atoms with Crippen molar-refractivity contribution in [2.24, 2.45) is 0 Å². The van der Waals surface area contributed by atoms with Gasteiger partial charge in [-0.2, -0.15) is 0 Å². The number of rotatable bonds is 1. The van der Waals surface area contributed by atoms with E-state index in [1.54, 1.807) is 0 Å². The van der Waals surface area contributed by atoms with Crippen molar-refractivity contribution in [1.29, 1.82) is 0 Å². The van der Waals surface area contributed by atoms with E-state index in [-0.39, 0.29) is 6.10 Å². The van der Waals surface area contributed by atoms with Gasteiger partial charge in [0, 0.05) is 0 Å². The molecule has 1 aromatic rings. The zero-order chi connectivity index (χ0) is 9.10. The van der Waals surface area contributed by atoms with Crippen LogP contribution in [0.2, 0.25) is 0 Å². The van der Waals surface area contributed by atoms with Crippen molar-refractivity contribution in [1.82, 2.24) is 0 Å². The summed E-state index contributed by atoms with van der Waals surface area (Å²) in [6.07, 6.45) is 0.106. The Morgan fingerprint density at radius 1 is 1.15 bits per heavy atom. The molecule has 2 nitrogen and oxygen atoms in total. The molecule has 0 saturated carbocycles. The summed E-state index contributed by atoms with van der Waals surface area (Å²) in [6.45, 7) is 5.90. The molecule has 1 heterocycles. The smallest absolute Gasteiger partial charge is 0.106 e. The summed E-state index contributed by atoms with van der Waals surface area (Å²) in [7, 11) is 0. The number of hydrogen-bond acceptors (Lipinski definition) is 2. The van der Waals surface area contributed by atoms with E-state index in [0.717, 1.165) is 5.56 Å². The minimum atomic E-state index is 0.106. The second kappa shape index (κ2) is 3.90. The standard InChI is InChI=1S/C11H13O2/c1-9-2-4-10(5-3-9)11-8-12-6-7-13-11/h2-5,11H,1,6-8H2. The van der Waals surface area contributed by atoms with Gasteiger partial charge < -0.3 is 9.47 Å². The number of benzene rings is 1. The van der Waals surface area contributed by atoms with Crippen LogP contribution in [0.15, 0.2) is 24.3 Å². The fourth-order valence-corrected chi connectivity index (χ4v) is 1.41. The summed E-state index contributed by atoms with van der Waals surface area (Å²) in [4.78, 5) is 0. The van der Waals surface area contributed by atoms with E-state index in [1.165, 1.54) is 5.56 Å². The van der Waals surface area contributed by atoms with Gasteiger partial charge in [-0.05, 0) is 18.1 Å². The molecule has 0 N–H and O–H groups in total. The van der Waals surface area contributed by atoms with Crippen LogP contribution in [-0.4, -0.2) is 19.8 Å². The van der Waals surface area contributed by atoms with E-state index in [9.17, 15) is 0 Å². The van der Waals surface area contributed by atoms with Gasteiger partial charge in [0.15, 0.2) is 0 Å². The molecule has 0 bridgehead atoms. The molecule has 1 radical (unpaired) electrons. The molecule has 1 aromatic carbocycles. The van der Waals surface area contributed by atoms with Gasteiger partial charge in [-0.15, -0.1) is 0 Å². The van der Waals surface area contributed by atoms with Crippen LogP contribution in [0.4, 0.5) is 0 Å². The maximum Gasteiger partial charge on any atom is 0.106 e. The number of hydrogen-bond donors (Lipinski definition) is 0. The summed E-state index contributed by atoms with van der Waals surface area (Å²) >= 11 is 0. The van der Waals surface area contributed by atoms with Crippen LogP contribution < -0.4 is 0 Å². The average molecular weight is 177 g/mol. The Labute approximate surface area is 78.5 Å². The zero-order valence-corrected chi connectivity index (χ0v) is 7.53. The molecule has 0 spiro atoms.